The van der Waals surface area contributed by atoms with Gasteiger partial charge in [0.2, 0.25) is 5.91 Å². The normalized spacial score (nSPS) is 18.8. The van der Waals surface area contributed by atoms with Gasteiger partial charge in [-0.05, 0) is 41.7 Å². The molecule has 32 heavy (non-hydrogen) atoms. The largest absolute Gasteiger partial charge is 0.497 e. The first-order chi connectivity index (χ1) is 15.6. The maximum absolute atomic E-state index is 13.3. The average Bonchev–Trinajstić information content (AvgIpc) is 2.85. The van der Waals surface area contributed by atoms with Gasteiger partial charge in [-0.15, -0.1) is 0 Å². The highest BCUT2D eigenvalue weighted by molar-refractivity contribution is 5.79. The summed E-state index contributed by atoms with van der Waals surface area (Å²) in [5, 5.41) is 0. The van der Waals surface area contributed by atoms with E-state index in [1.54, 1.807) is 7.11 Å². The number of carbonyl (C=O) groups is 1. The van der Waals surface area contributed by atoms with Crippen molar-refractivity contribution in [3.63, 3.8) is 0 Å². The van der Waals surface area contributed by atoms with E-state index >= 15 is 0 Å². The zero-order chi connectivity index (χ0) is 22.3. The number of rotatable bonds is 7. The summed E-state index contributed by atoms with van der Waals surface area (Å²) in [7, 11) is 3.62. The van der Waals surface area contributed by atoms with E-state index in [2.05, 4.69) is 59.5 Å². The minimum absolute atomic E-state index is 0.00859. The van der Waals surface area contributed by atoms with Gasteiger partial charge in [0.1, 0.15) is 5.75 Å². The Balaban J connectivity index is 1.51. The number of likely N-dealkylation sites (tertiary alicyclic amines) is 1. The second-order valence-electron chi connectivity index (χ2n) is 8.66. The molecule has 3 aromatic carbocycles. The highest BCUT2D eigenvalue weighted by Crippen LogP contribution is 2.35. The van der Waals surface area contributed by atoms with Crippen molar-refractivity contribution in [2.75, 3.05) is 20.7 Å². The molecule has 0 aromatic heterocycles. The minimum Gasteiger partial charge on any atom is -0.497 e. The molecule has 3 aromatic rings. The van der Waals surface area contributed by atoms with Crippen LogP contribution in [0.3, 0.4) is 0 Å². The Morgan fingerprint density at radius 1 is 0.938 bits per heavy atom. The zero-order valence-corrected chi connectivity index (χ0v) is 19.0. The van der Waals surface area contributed by atoms with Crippen molar-refractivity contribution in [1.82, 2.24) is 9.80 Å². The van der Waals surface area contributed by atoms with E-state index in [1.807, 2.05) is 42.3 Å². The van der Waals surface area contributed by atoms with Crippen molar-refractivity contribution in [2.24, 2.45) is 5.92 Å². The predicted molar refractivity (Wildman–Crippen MR) is 128 cm³/mol. The van der Waals surface area contributed by atoms with Gasteiger partial charge >= 0.3 is 0 Å². The van der Waals surface area contributed by atoms with Crippen LogP contribution in [0.15, 0.2) is 84.9 Å². The molecule has 166 valence electrons. The lowest BCUT2D eigenvalue weighted by Crippen LogP contribution is -2.44. The molecule has 0 aliphatic carbocycles. The Hall–Kier alpha value is -3.11. The standard InChI is InChI=1S/C28H32N2O2/c1-29(19-22-10-5-3-6-11-22)28(31)25-16-17-27(24-13-7-4-8-14-24)30(21-25)20-23-12-9-15-26(18-23)32-2/h3-15,18,25,27H,16-17,19-21H2,1-2H3. The molecule has 0 saturated carbocycles. The van der Waals surface area contributed by atoms with Crippen LogP contribution in [0, 0.1) is 5.92 Å². The summed E-state index contributed by atoms with van der Waals surface area (Å²) in [5.74, 6) is 1.11. The monoisotopic (exact) mass is 428 g/mol. The molecule has 1 aliphatic heterocycles. The van der Waals surface area contributed by atoms with Gasteiger partial charge in [0.05, 0.1) is 13.0 Å². The number of benzene rings is 3. The SMILES string of the molecule is COc1cccc(CN2CC(C(=O)N(C)Cc3ccccc3)CCC2c2ccccc2)c1. The lowest BCUT2D eigenvalue weighted by molar-refractivity contribution is -0.137. The van der Waals surface area contributed by atoms with E-state index in [4.69, 9.17) is 4.74 Å². The van der Waals surface area contributed by atoms with Crippen molar-refractivity contribution in [2.45, 2.75) is 32.0 Å². The summed E-state index contributed by atoms with van der Waals surface area (Å²) < 4.78 is 5.42. The van der Waals surface area contributed by atoms with Gasteiger partial charge in [0, 0.05) is 32.7 Å². The minimum atomic E-state index is 0.00859. The summed E-state index contributed by atoms with van der Waals surface area (Å²) in [4.78, 5) is 17.7. The summed E-state index contributed by atoms with van der Waals surface area (Å²) in [6.45, 7) is 2.20. The van der Waals surface area contributed by atoms with Crippen molar-refractivity contribution in [3.8, 4) is 5.75 Å². The Morgan fingerprint density at radius 2 is 1.62 bits per heavy atom. The summed E-state index contributed by atoms with van der Waals surface area (Å²) >= 11 is 0. The predicted octanol–water partition coefficient (Wildman–Crippen LogP) is 5.31. The molecule has 1 heterocycles. The van der Waals surface area contributed by atoms with Crippen LogP contribution in [0.2, 0.25) is 0 Å². The molecule has 0 radical (unpaired) electrons. The number of amides is 1. The van der Waals surface area contributed by atoms with Crippen molar-refractivity contribution >= 4 is 5.91 Å². The highest BCUT2D eigenvalue weighted by atomic mass is 16.5. The summed E-state index contributed by atoms with van der Waals surface area (Å²) in [6, 6.07) is 29.4. The number of hydrogen-bond acceptors (Lipinski definition) is 3. The van der Waals surface area contributed by atoms with Gasteiger partial charge in [-0.1, -0.05) is 72.8 Å². The number of methoxy groups -OCH3 is 1. The molecular formula is C28H32N2O2. The van der Waals surface area contributed by atoms with Gasteiger partial charge in [0.25, 0.3) is 0 Å². The first-order valence-corrected chi connectivity index (χ1v) is 11.3. The Morgan fingerprint density at radius 3 is 2.34 bits per heavy atom. The number of nitrogens with zero attached hydrogens (tertiary/aromatic N) is 2. The van der Waals surface area contributed by atoms with E-state index in [9.17, 15) is 4.79 Å². The second-order valence-corrected chi connectivity index (χ2v) is 8.66. The van der Waals surface area contributed by atoms with Crippen LogP contribution in [-0.4, -0.2) is 36.4 Å². The van der Waals surface area contributed by atoms with Gasteiger partial charge in [-0.2, -0.15) is 0 Å². The third-order valence-electron chi connectivity index (χ3n) is 6.38. The first kappa shape index (κ1) is 22.1. The van der Waals surface area contributed by atoms with E-state index in [0.717, 1.165) is 37.2 Å². The maximum Gasteiger partial charge on any atom is 0.227 e. The Kier molecular flexibility index (Phi) is 7.23. The zero-order valence-electron chi connectivity index (χ0n) is 19.0. The summed E-state index contributed by atoms with van der Waals surface area (Å²) in [5.41, 5.74) is 3.68. The number of hydrogen-bond donors (Lipinski definition) is 0. The fourth-order valence-corrected chi connectivity index (χ4v) is 4.72. The lowest BCUT2D eigenvalue weighted by atomic mass is 9.87. The molecule has 2 unspecified atom stereocenters. The van der Waals surface area contributed by atoms with Crippen molar-refractivity contribution < 1.29 is 9.53 Å². The van der Waals surface area contributed by atoms with Crippen LogP contribution >= 0.6 is 0 Å². The van der Waals surface area contributed by atoms with Crippen LogP contribution in [0.5, 0.6) is 5.75 Å². The fourth-order valence-electron chi connectivity index (χ4n) is 4.72. The van der Waals surface area contributed by atoms with Gasteiger partial charge in [-0.25, -0.2) is 0 Å². The molecule has 2 atom stereocenters. The highest BCUT2D eigenvalue weighted by Gasteiger charge is 2.34. The molecule has 0 bridgehead atoms. The van der Waals surface area contributed by atoms with Crippen molar-refractivity contribution in [1.29, 1.82) is 0 Å². The molecular weight excluding hydrogens is 396 g/mol. The van der Waals surface area contributed by atoms with Crippen LogP contribution in [0.25, 0.3) is 0 Å². The molecule has 4 rings (SSSR count). The number of ether oxygens (including phenoxy) is 1. The fraction of sp³-hybridized carbons (Fsp3) is 0.321. The van der Waals surface area contributed by atoms with Crippen LogP contribution in [0.4, 0.5) is 0 Å². The molecule has 4 heteroatoms. The summed E-state index contributed by atoms with van der Waals surface area (Å²) in [6.07, 6.45) is 1.88. The Bertz CT molecular complexity index is 1010. The topological polar surface area (TPSA) is 32.8 Å². The average molecular weight is 429 g/mol. The quantitative estimate of drug-likeness (QED) is 0.511. The van der Waals surface area contributed by atoms with E-state index in [0.29, 0.717) is 12.6 Å². The molecule has 1 saturated heterocycles. The maximum atomic E-state index is 13.3. The third kappa shape index (κ3) is 5.38. The lowest BCUT2D eigenvalue weighted by Gasteiger charge is -2.40. The number of piperidine rings is 1. The smallest absolute Gasteiger partial charge is 0.227 e. The van der Waals surface area contributed by atoms with E-state index < -0.39 is 0 Å². The number of carbonyl (C=O) groups excluding carboxylic acids is 1. The molecule has 0 N–H and O–H groups in total. The molecule has 0 spiro atoms. The van der Waals surface area contributed by atoms with Crippen LogP contribution < -0.4 is 4.74 Å². The van der Waals surface area contributed by atoms with E-state index in [-0.39, 0.29) is 11.8 Å². The van der Waals surface area contributed by atoms with E-state index in [1.165, 1.54) is 11.1 Å². The van der Waals surface area contributed by atoms with Crippen LogP contribution in [-0.2, 0) is 17.9 Å². The van der Waals surface area contributed by atoms with Gasteiger partial charge in [0.15, 0.2) is 0 Å². The third-order valence-corrected chi connectivity index (χ3v) is 6.38. The van der Waals surface area contributed by atoms with Gasteiger partial charge in [-0.3, -0.25) is 9.69 Å². The van der Waals surface area contributed by atoms with Crippen LogP contribution in [0.1, 0.15) is 35.6 Å². The van der Waals surface area contributed by atoms with Crippen molar-refractivity contribution in [3.05, 3.63) is 102 Å². The molecule has 1 fully saturated rings. The Labute approximate surface area is 191 Å². The van der Waals surface area contributed by atoms with Gasteiger partial charge < -0.3 is 9.64 Å². The molecule has 1 amide bonds. The molecule has 4 nitrogen and oxygen atoms in total. The molecule has 1 aliphatic rings. The first-order valence-electron chi connectivity index (χ1n) is 11.3. The second kappa shape index (κ2) is 10.5.